The van der Waals surface area contributed by atoms with Crippen molar-refractivity contribution in [3.63, 3.8) is 0 Å². The summed E-state index contributed by atoms with van der Waals surface area (Å²) in [5.74, 6) is 0.741. The van der Waals surface area contributed by atoms with Crippen molar-refractivity contribution in [2.45, 2.75) is 31.3 Å². The maximum absolute atomic E-state index is 6.01. The first-order valence-electron chi connectivity index (χ1n) is 8.53. The highest BCUT2D eigenvalue weighted by atomic mass is 35.5. The van der Waals surface area contributed by atoms with Crippen LogP contribution in [0.5, 0.6) is 0 Å². The van der Waals surface area contributed by atoms with E-state index in [1.54, 1.807) is 0 Å². The minimum Gasteiger partial charge on any atom is -0.366 e. The summed E-state index contributed by atoms with van der Waals surface area (Å²) < 4.78 is 0. The molecule has 1 aliphatic carbocycles. The van der Waals surface area contributed by atoms with Crippen LogP contribution in [0, 0.1) is 0 Å². The Morgan fingerprint density at radius 1 is 0.957 bits per heavy atom. The van der Waals surface area contributed by atoms with Crippen molar-refractivity contribution in [3.05, 3.63) is 65.2 Å². The van der Waals surface area contributed by atoms with Crippen LogP contribution in [0.15, 0.2) is 54.6 Å². The van der Waals surface area contributed by atoms with E-state index >= 15 is 0 Å². The van der Waals surface area contributed by atoms with Crippen molar-refractivity contribution in [2.24, 2.45) is 0 Å². The second-order valence-electron chi connectivity index (χ2n) is 6.83. The van der Waals surface area contributed by atoms with Gasteiger partial charge in [0.1, 0.15) is 0 Å². The Balaban J connectivity index is 1.39. The molecule has 0 radical (unpaired) electrons. The minimum absolute atomic E-state index is 0.543. The molecule has 0 bridgehead atoms. The number of anilines is 1. The predicted octanol–water partition coefficient (Wildman–Crippen LogP) is 4.41. The molecule has 3 atom stereocenters. The van der Waals surface area contributed by atoms with E-state index in [0.29, 0.717) is 6.04 Å². The van der Waals surface area contributed by atoms with Crippen molar-refractivity contribution in [1.82, 2.24) is 4.90 Å². The van der Waals surface area contributed by atoms with E-state index in [1.807, 2.05) is 12.1 Å². The third-order valence-electron chi connectivity index (χ3n) is 5.27. The largest absolute Gasteiger partial charge is 0.366 e. The van der Waals surface area contributed by atoms with Crippen LogP contribution in [0.3, 0.4) is 0 Å². The number of hydrogen-bond donors (Lipinski definition) is 0. The van der Waals surface area contributed by atoms with Gasteiger partial charge in [-0.25, -0.2) is 0 Å². The van der Waals surface area contributed by atoms with Crippen LogP contribution in [-0.2, 0) is 0 Å². The second-order valence-corrected chi connectivity index (χ2v) is 7.27. The molecule has 2 aromatic carbocycles. The summed E-state index contributed by atoms with van der Waals surface area (Å²) in [4.78, 5) is 5.20. The number of benzene rings is 2. The van der Waals surface area contributed by atoms with E-state index in [0.717, 1.165) is 36.6 Å². The number of halogens is 1. The molecule has 1 heterocycles. The van der Waals surface area contributed by atoms with E-state index in [1.165, 1.54) is 17.7 Å². The molecule has 2 aromatic rings. The number of nitrogens with zero attached hydrogens (tertiary/aromatic N) is 2. The third-order valence-corrected chi connectivity index (χ3v) is 5.52. The monoisotopic (exact) mass is 326 g/mol. The lowest BCUT2D eigenvalue weighted by molar-refractivity contribution is 0.216. The summed E-state index contributed by atoms with van der Waals surface area (Å²) in [5, 5.41) is 0.809. The minimum atomic E-state index is 0.543. The fraction of sp³-hybridized carbons (Fsp3) is 0.400. The molecule has 2 aliphatic rings. The van der Waals surface area contributed by atoms with E-state index in [9.17, 15) is 0 Å². The van der Waals surface area contributed by atoms with Crippen molar-refractivity contribution in [2.75, 3.05) is 24.5 Å². The van der Waals surface area contributed by atoms with Gasteiger partial charge >= 0.3 is 0 Å². The lowest BCUT2D eigenvalue weighted by Gasteiger charge is -2.41. The molecule has 0 amide bonds. The summed E-state index contributed by atoms with van der Waals surface area (Å²) in [6.45, 7) is 5.74. The van der Waals surface area contributed by atoms with Gasteiger partial charge < -0.3 is 4.90 Å². The van der Waals surface area contributed by atoms with Gasteiger partial charge in [0.15, 0.2) is 0 Å². The summed E-state index contributed by atoms with van der Waals surface area (Å²) in [5.41, 5.74) is 2.79. The summed E-state index contributed by atoms with van der Waals surface area (Å²) in [6, 6.07) is 20.5. The SMILES string of the molecule is CC1CN([C@@H]2C[C@H]2c2ccccc2)CCN1c1ccc(Cl)cc1. The van der Waals surface area contributed by atoms with Gasteiger partial charge in [0, 0.05) is 48.3 Å². The molecule has 1 saturated heterocycles. The van der Waals surface area contributed by atoms with Crippen LogP contribution < -0.4 is 4.90 Å². The topological polar surface area (TPSA) is 6.48 Å². The quantitative estimate of drug-likeness (QED) is 0.824. The highest BCUT2D eigenvalue weighted by Crippen LogP contribution is 2.45. The Labute approximate surface area is 143 Å². The van der Waals surface area contributed by atoms with Crippen molar-refractivity contribution in [3.8, 4) is 0 Å². The van der Waals surface area contributed by atoms with Crippen molar-refractivity contribution >= 4 is 17.3 Å². The van der Waals surface area contributed by atoms with Gasteiger partial charge in [-0.15, -0.1) is 0 Å². The van der Waals surface area contributed by atoms with Crippen LogP contribution in [0.25, 0.3) is 0 Å². The summed E-state index contributed by atoms with van der Waals surface area (Å²) in [7, 11) is 0. The Kier molecular flexibility index (Phi) is 4.04. The van der Waals surface area contributed by atoms with E-state index < -0.39 is 0 Å². The van der Waals surface area contributed by atoms with E-state index in [-0.39, 0.29) is 0 Å². The fourth-order valence-corrected chi connectivity index (χ4v) is 4.07. The van der Waals surface area contributed by atoms with Crippen LogP contribution in [0.2, 0.25) is 5.02 Å². The maximum atomic E-state index is 6.01. The van der Waals surface area contributed by atoms with Crippen molar-refractivity contribution in [1.29, 1.82) is 0 Å². The Morgan fingerprint density at radius 3 is 2.39 bits per heavy atom. The van der Waals surface area contributed by atoms with Crippen LogP contribution in [0.1, 0.15) is 24.8 Å². The highest BCUT2D eigenvalue weighted by molar-refractivity contribution is 6.30. The van der Waals surface area contributed by atoms with E-state index in [2.05, 4.69) is 59.2 Å². The van der Waals surface area contributed by atoms with E-state index in [4.69, 9.17) is 11.6 Å². The summed E-state index contributed by atoms with van der Waals surface area (Å²) in [6.07, 6.45) is 1.32. The molecular formula is C20H23ClN2. The molecule has 1 unspecified atom stereocenters. The van der Waals surface area contributed by atoms with Gasteiger partial charge in [0.25, 0.3) is 0 Å². The van der Waals surface area contributed by atoms with Crippen LogP contribution in [-0.4, -0.2) is 36.6 Å². The lowest BCUT2D eigenvalue weighted by Crippen LogP contribution is -2.52. The third kappa shape index (κ3) is 3.11. The second kappa shape index (κ2) is 6.18. The number of piperazine rings is 1. The molecule has 2 nitrogen and oxygen atoms in total. The first-order chi connectivity index (χ1) is 11.2. The lowest BCUT2D eigenvalue weighted by atomic mass is 10.1. The molecule has 0 aromatic heterocycles. The average molecular weight is 327 g/mol. The van der Waals surface area contributed by atoms with Crippen molar-refractivity contribution < 1.29 is 0 Å². The molecular weight excluding hydrogens is 304 g/mol. The van der Waals surface area contributed by atoms with Crippen LogP contribution in [0.4, 0.5) is 5.69 Å². The smallest absolute Gasteiger partial charge is 0.0407 e. The van der Waals surface area contributed by atoms with Gasteiger partial charge in [0.05, 0.1) is 0 Å². The normalized spacial score (nSPS) is 27.9. The Hall–Kier alpha value is -1.51. The number of rotatable bonds is 3. The average Bonchev–Trinajstić information content (AvgIpc) is 3.37. The maximum Gasteiger partial charge on any atom is 0.0407 e. The van der Waals surface area contributed by atoms with Gasteiger partial charge in [0.2, 0.25) is 0 Å². The molecule has 23 heavy (non-hydrogen) atoms. The van der Waals surface area contributed by atoms with Gasteiger partial charge in [-0.1, -0.05) is 41.9 Å². The Bertz CT molecular complexity index is 655. The fourth-order valence-electron chi connectivity index (χ4n) is 3.95. The first-order valence-corrected chi connectivity index (χ1v) is 8.91. The molecule has 120 valence electrons. The molecule has 0 N–H and O–H groups in total. The zero-order valence-corrected chi connectivity index (χ0v) is 14.3. The molecule has 3 heteroatoms. The molecule has 2 fully saturated rings. The molecule has 1 aliphatic heterocycles. The standard InChI is InChI=1S/C20H23ClN2/c1-15-14-22(20-13-19(20)16-5-3-2-4-6-16)11-12-23(15)18-9-7-17(21)8-10-18/h2-10,15,19-20H,11-14H2,1H3/t15?,19-,20+/m0/s1. The zero-order valence-electron chi connectivity index (χ0n) is 13.5. The highest BCUT2D eigenvalue weighted by Gasteiger charge is 2.44. The zero-order chi connectivity index (χ0) is 15.8. The van der Waals surface area contributed by atoms with Gasteiger partial charge in [-0.05, 0) is 43.2 Å². The Morgan fingerprint density at radius 2 is 1.70 bits per heavy atom. The predicted molar refractivity (Wildman–Crippen MR) is 97.4 cm³/mol. The number of hydrogen-bond acceptors (Lipinski definition) is 2. The first kappa shape index (κ1) is 15.0. The molecule has 1 saturated carbocycles. The molecule has 0 spiro atoms. The van der Waals surface area contributed by atoms with Gasteiger partial charge in [-0.3, -0.25) is 4.90 Å². The van der Waals surface area contributed by atoms with Crippen LogP contribution >= 0.6 is 11.6 Å². The van der Waals surface area contributed by atoms with Gasteiger partial charge in [-0.2, -0.15) is 0 Å². The molecule has 4 rings (SSSR count). The summed E-state index contributed by atoms with van der Waals surface area (Å²) >= 11 is 6.01.